The summed E-state index contributed by atoms with van der Waals surface area (Å²) in [6.45, 7) is 3.18. The number of rotatable bonds is 1. The van der Waals surface area contributed by atoms with Crippen molar-refractivity contribution in [3.05, 3.63) is 22.7 Å². The molecule has 0 radical (unpaired) electrons. The van der Waals surface area contributed by atoms with Gasteiger partial charge in [-0.1, -0.05) is 13.8 Å². The van der Waals surface area contributed by atoms with Gasteiger partial charge >= 0.3 is 0 Å². The topological polar surface area (TPSA) is 158 Å². The Labute approximate surface area is 143 Å². The second-order valence-electron chi connectivity index (χ2n) is 7.25. The summed E-state index contributed by atoms with van der Waals surface area (Å²) in [4.78, 5) is 36.3. The van der Waals surface area contributed by atoms with Gasteiger partial charge in [0.2, 0.25) is 0 Å². The summed E-state index contributed by atoms with van der Waals surface area (Å²) in [6, 6.07) is 0. The van der Waals surface area contributed by atoms with Crippen molar-refractivity contribution in [1.82, 2.24) is 0 Å². The van der Waals surface area contributed by atoms with E-state index >= 15 is 0 Å². The van der Waals surface area contributed by atoms with Crippen LogP contribution >= 0.6 is 0 Å². The fraction of sp³-hybridized carbons (Fsp3) is 0.588. The largest absolute Gasteiger partial charge is 0.508 e. The number of amides is 1. The predicted octanol–water partition coefficient (Wildman–Crippen LogP) is -0.348. The first-order valence-electron chi connectivity index (χ1n) is 8.20. The minimum atomic E-state index is -2.60. The van der Waals surface area contributed by atoms with Crippen LogP contribution in [0.15, 0.2) is 22.7 Å². The predicted molar refractivity (Wildman–Crippen MR) is 84.0 cm³/mol. The van der Waals surface area contributed by atoms with Gasteiger partial charge in [-0.25, -0.2) is 0 Å². The lowest BCUT2D eigenvalue weighted by molar-refractivity contribution is -0.153. The number of hydrogen-bond acceptors (Lipinski definition) is 7. The van der Waals surface area contributed by atoms with E-state index in [2.05, 4.69) is 0 Å². The summed E-state index contributed by atoms with van der Waals surface area (Å²) < 4.78 is 0. The number of hydrogen-bond donors (Lipinski definition) is 5. The lowest BCUT2D eigenvalue weighted by Crippen LogP contribution is -2.63. The molecule has 0 heterocycles. The smallest absolute Gasteiger partial charge is 0.255 e. The Hall–Kier alpha value is -2.19. The summed E-state index contributed by atoms with van der Waals surface area (Å²) >= 11 is 0. The van der Waals surface area contributed by atoms with Crippen LogP contribution in [0.4, 0.5) is 0 Å². The highest BCUT2D eigenvalue weighted by molar-refractivity contribution is 6.21. The van der Waals surface area contributed by atoms with E-state index < -0.39 is 64.0 Å². The van der Waals surface area contributed by atoms with E-state index in [9.17, 15) is 34.8 Å². The molecular formula is C17H21NO7. The average molecular weight is 351 g/mol. The van der Waals surface area contributed by atoms with E-state index in [1.165, 1.54) is 6.92 Å². The maximum atomic E-state index is 12.4. The molecule has 8 nitrogen and oxygen atoms in total. The van der Waals surface area contributed by atoms with E-state index in [1.54, 1.807) is 6.92 Å². The van der Waals surface area contributed by atoms with Crippen LogP contribution in [0.1, 0.15) is 26.7 Å². The van der Waals surface area contributed by atoms with Crippen molar-refractivity contribution in [2.45, 2.75) is 38.4 Å². The van der Waals surface area contributed by atoms with Crippen LogP contribution in [0.5, 0.6) is 0 Å². The standard InChI is InChI=1S/C17H21NO7/c1-5-3-4-7(19)9-8(5)13(21)11-6(2)12(20)10(16(18)24)15(23)17(11,25)14(9)22/h5-6,8,11,13,21-23,25H,3-4H2,1-2H3,(H2,18,24)/t5?,6?,8?,11?,13?,17-/m0/s1. The minimum absolute atomic E-state index is 0.131. The zero-order valence-corrected chi connectivity index (χ0v) is 13.9. The van der Waals surface area contributed by atoms with Gasteiger partial charge in [-0.2, -0.15) is 0 Å². The minimum Gasteiger partial charge on any atom is -0.508 e. The number of Topliss-reactive ketones (excluding diaryl/α,β-unsaturated/α-hetero) is 2. The van der Waals surface area contributed by atoms with Crippen LogP contribution in [-0.4, -0.2) is 49.6 Å². The summed E-state index contributed by atoms with van der Waals surface area (Å²) in [6.07, 6.45) is -0.726. The monoisotopic (exact) mass is 351 g/mol. The summed E-state index contributed by atoms with van der Waals surface area (Å²) in [5.41, 5.74) is 1.56. The number of nitrogens with two attached hydrogens (primary N) is 1. The Morgan fingerprint density at radius 3 is 2.36 bits per heavy atom. The molecule has 1 fully saturated rings. The van der Waals surface area contributed by atoms with E-state index in [4.69, 9.17) is 5.73 Å². The number of fused-ring (bicyclic) bond motifs is 2. The lowest BCUT2D eigenvalue weighted by Gasteiger charge is -2.52. The Kier molecular flexibility index (Phi) is 3.81. The van der Waals surface area contributed by atoms with Crippen molar-refractivity contribution in [3.8, 4) is 0 Å². The third-order valence-electron chi connectivity index (χ3n) is 5.95. The van der Waals surface area contributed by atoms with E-state index in [0.717, 1.165) is 0 Å². The number of primary amides is 1. The van der Waals surface area contributed by atoms with Gasteiger partial charge in [0.05, 0.1) is 6.10 Å². The van der Waals surface area contributed by atoms with Crippen LogP contribution in [0.25, 0.3) is 0 Å². The summed E-state index contributed by atoms with van der Waals surface area (Å²) in [5.74, 6) is -7.74. The second-order valence-corrected chi connectivity index (χ2v) is 7.25. The highest BCUT2D eigenvalue weighted by Gasteiger charge is 2.64. The van der Waals surface area contributed by atoms with Crippen LogP contribution in [-0.2, 0) is 14.4 Å². The quantitative estimate of drug-likeness (QED) is 0.404. The van der Waals surface area contributed by atoms with Crippen molar-refractivity contribution < 1.29 is 34.8 Å². The molecular weight excluding hydrogens is 330 g/mol. The third kappa shape index (κ3) is 2.04. The van der Waals surface area contributed by atoms with Crippen molar-refractivity contribution in [2.24, 2.45) is 29.4 Å². The molecule has 3 aliphatic rings. The molecule has 0 aliphatic heterocycles. The first kappa shape index (κ1) is 17.6. The van der Waals surface area contributed by atoms with Gasteiger partial charge in [0.1, 0.15) is 17.1 Å². The van der Waals surface area contributed by atoms with Gasteiger partial charge in [-0.05, 0) is 12.3 Å². The molecule has 1 amide bonds. The molecule has 6 atom stereocenters. The summed E-state index contributed by atoms with van der Waals surface area (Å²) in [5, 5.41) is 43.0. The highest BCUT2D eigenvalue weighted by atomic mass is 16.4. The highest BCUT2D eigenvalue weighted by Crippen LogP contribution is 2.54. The molecule has 0 bridgehead atoms. The van der Waals surface area contributed by atoms with Crippen LogP contribution in [0, 0.1) is 23.7 Å². The van der Waals surface area contributed by atoms with Crippen molar-refractivity contribution in [2.75, 3.05) is 0 Å². The normalized spacial score (nSPS) is 41.5. The van der Waals surface area contributed by atoms with Gasteiger partial charge in [0, 0.05) is 29.7 Å². The van der Waals surface area contributed by atoms with Gasteiger partial charge in [-0.3, -0.25) is 14.4 Å². The van der Waals surface area contributed by atoms with Gasteiger partial charge < -0.3 is 26.2 Å². The van der Waals surface area contributed by atoms with Crippen LogP contribution < -0.4 is 5.73 Å². The molecule has 6 N–H and O–H groups in total. The molecule has 0 aromatic heterocycles. The van der Waals surface area contributed by atoms with Crippen molar-refractivity contribution in [1.29, 1.82) is 0 Å². The maximum Gasteiger partial charge on any atom is 0.255 e. The van der Waals surface area contributed by atoms with E-state index in [1.807, 2.05) is 0 Å². The first-order chi connectivity index (χ1) is 11.5. The number of ketones is 2. The second kappa shape index (κ2) is 5.40. The lowest BCUT2D eigenvalue weighted by atomic mass is 9.55. The fourth-order valence-electron chi connectivity index (χ4n) is 4.64. The zero-order chi connectivity index (χ0) is 18.8. The SMILES string of the molecule is CC1CCC(=O)C2=C(O)[C@]3(O)C(O)=C(C(N)=O)C(=O)C(C)C3C(O)C21. The number of carbonyl (C=O) groups excluding carboxylic acids is 3. The van der Waals surface area contributed by atoms with E-state index in [-0.39, 0.29) is 17.9 Å². The summed E-state index contributed by atoms with van der Waals surface area (Å²) in [7, 11) is 0. The van der Waals surface area contributed by atoms with Gasteiger partial charge in [0.25, 0.3) is 5.91 Å². The Morgan fingerprint density at radius 2 is 1.80 bits per heavy atom. The maximum absolute atomic E-state index is 12.4. The molecule has 0 aromatic rings. The molecule has 3 aliphatic carbocycles. The Bertz CT molecular complexity index is 752. The molecule has 0 aromatic carbocycles. The molecule has 0 saturated heterocycles. The number of aliphatic hydroxyl groups is 4. The fourth-order valence-corrected chi connectivity index (χ4v) is 4.64. The molecule has 1 saturated carbocycles. The molecule has 8 heteroatoms. The third-order valence-corrected chi connectivity index (χ3v) is 5.95. The Balaban J connectivity index is 2.35. The van der Waals surface area contributed by atoms with Crippen LogP contribution in [0.3, 0.4) is 0 Å². The van der Waals surface area contributed by atoms with Crippen molar-refractivity contribution in [3.63, 3.8) is 0 Å². The molecule has 3 rings (SSSR count). The van der Waals surface area contributed by atoms with Gasteiger partial charge in [-0.15, -0.1) is 0 Å². The van der Waals surface area contributed by atoms with Crippen molar-refractivity contribution >= 4 is 17.5 Å². The molecule has 0 spiro atoms. The molecule has 5 unspecified atom stereocenters. The first-order valence-corrected chi connectivity index (χ1v) is 8.20. The molecule has 136 valence electrons. The number of carbonyl (C=O) groups is 3. The molecule has 25 heavy (non-hydrogen) atoms. The Morgan fingerprint density at radius 1 is 1.20 bits per heavy atom. The zero-order valence-electron chi connectivity index (χ0n) is 13.9. The van der Waals surface area contributed by atoms with Crippen LogP contribution in [0.2, 0.25) is 0 Å². The van der Waals surface area contributed by atoms with Gasteiger partial charge in [0.15, 0.2) is 17.2 Å². The van der Waals surface area contributed by atoms with E-state index in [0.29, 0.717) is 6.42 Å². The number of aliphatic hydroxyl groups excluding tert-OH is 3. The average Bonchev–Trinajstić information content (AvgIpc) is 2.53.